The zero-order chi connectivity index (χ0) is 16.8. The maximum atomic E-state index is 12.5. The smallest absolute Gasteiger partial charge is 0.303 e. The first-order valence-electron chi connectivity index (χ1n) is 8.06. The minimum Gasteiger partial charge on any atom is -0.444 e. The number of hydrogen-bond donors (Lipinski definition) is 1. The number of aryl methyl sites for hydroxylation is 1. The molecule has 5 nitrogen and oxygen atoms in total. The molecule has 1 atom stereocenters. The summed E-state index contributed by atoms with van der Waals surface area (Å²) in [6.45, 7) is 3.11. The second-order valence-electron chi connectivity index (χ2n) is 6.06. The van der Waals surface area contributed by atoms with E-state index < -0.39 is 23.8 Å². The Balaban J connectivity index is 2.11. The minimum atomic E-state index is -1.42. The number of benzene rings is 1. The number of Topliss-reactive ketones (excluding diaryl/α,β-unsaturated/α-hetero) is 1. The zero-order valence-corrected chi connectivity index (χ0v) is 13.6. The summed E-state index contributed by atoms with van der Waals surface area (Å²) in [5.74, 6) is -1.67. The van der Waals surface area contributed by atoms with E-state index in [0.717, 1.165) is 31.2 Å². The molecule has 2 rings (SSSR count). The third kappa shape index (κ3) is 4.91. The molecule has 0 bridgehead atoms. The van der Waals surface area contributed by atoms with Gasteiger partial charge in [-0.3, -0.25) is 14.4 Å². The highest BCUT2D eigenvalue weighted by Gasteiger charge is 2.32. The number of ether oxygens (including phenoxy) is 1. The topological polar surface area (TPSA) is 72.5 Å². The van der Waals surface area contributed by atoms with Gasteiger partial charge in [-0.15, -0.1) is 0 Å². The molecule has 0 aromatic heterocycles. The van der Waals surface area contributed by atoms with Crippen LogP contribution >= 0.6 is 0 Å². The number of amides is 1. The van der Waals surface area contributed by atoms with Crippen LogP contribution in [0.4, 0.5) is 0 Å². The van der Waals surface area contributed by atoms with Crippen molar-refractivity contribution in [3.8, 4) is 0 Å². The molecule has 23 heavy (non-hydrogen) atoms. The van der Waals surface area contributed by atoms with Crippen molar-refractivity contribution in [3.05, 3.63) is 35.4 Å². The number of ketones is 1. The molecule has 0 saturated heterocycles. The molecule has 1 N–H and O–H groups in total. The van der Waals surface area contributed by atoms with Gasteiger partial charge in [-0.2, -0.15) is 0 Å². The van der Waals surface area contributed by atoms with Gasteiger partial charge in [0, 0.05) is 18.5 Å². The molecule has 1 aromatic rings. The zero-order valence-electron chi connectivity index (χ0n) is 13.6. The Morgan fingerprint density at radius 3 is 2.26 bits per heavy atom. The average Bonchev–Trinajstić information content (AvgIpc) is 2.53. The maximum Gasteiger partial charge on any atom is 0.303 e. The number of hydrogen-bond acceptors (Lipinski definition) is 4. The highest BCUT2D eigenvalue weighted by Crippen LogP contribution is 2.18. The molecule has 5 heteroatoms. The van der Waals surface area contributed by atoms with Crippen LogP contribution in [-0.2, 0) is 14.3 Å². The number of rotatable bonds is 5. The third-order valence-corrected chi connectivity index (χ3v) is 4.05. The largest absolute Gasteiger partial charge is 0.444 e. The van der Waals surface area contributed by atoms with Crippen molar-refractivity contribution in [3.63, 3.8) is 0 Å². The Morgan fingerprint density at radius 2 is 1.70 bits per heavy atom. The maximum absolute atomic E-state index is 12.5. The normalized spacial score (nSPS) is 16.4. The van der Waals surface area contributed by atoms with Crippen molar-refractivity contribution >= 4 is 17.7 Å². The molecule has 124 valence electrons. The van der Waals surface area contributed by atoms with Crippen molar-refractivity contribution in [2.24, 2.45) is 0 Å². The summed E-state index contributed by atoms with van der Waals surface area (Å²) in [5.41, 5.74) is 1.37. The minimum absolute atomic E-state index is 0.0557. The lowest BCUT2D eigenvalue weighted by atomic mass is 9.95. The Hall–Kier alpha value is -2.17. The van der Waals surface area contributed by atoms with Gasteiger partial charge in [0.05, 0.1) is 0 Å². The third-order valence-electron chi connectivity index (χ3n) is 4.05. The molecule has 0 aliphatic heterocycles. The lowest BCUT2D eigenvalue weighted by molar-refractivity contribution is -0.151. The van der Waals surface area contributed by atoms with Gasteiger partial charge in [0.1, 0.15) is 0 Å². The van der Waals surface area contributed by atoms with Crippen molar-refractivity contribution in [2.75, 3.05) is 0 Å². The Morgan fingerprint density at radius 1 is 1.09 bits per heavy atom. The fourth-order valence-corrected chi connectivity index (χ4v) is 2.79. The molecular formula is C18H23NO4. The van der Waals surface area contributed by atoms with Crippen LogP contribution in [0.25, 0.3) is 0 Å². The molecular weight excluding hydrogens is 294 g/mol. The van der Waals surface area contributed by atoms with E-state index in [1.165, 1.54) is 13.3 Å². The van der Waals surface area contributed by atoms with Gasteiger partial charge in [-0.1, -0.05) is 49.1 Å². The Bertz CT molecular complexity index is 573. The van der Waals surface area contributed by atoms with Gasteiger partial charge in [0.15, 0.2) is 0 Å². The van der Waals surface area contributed by atoms with Crippen LogP contribution in [0.1, 0.15) is 54.9 Å². The molecule has 1 unspecified atom stereocenters. The molecule has 0 heterocycles. The fraction of sp³-hybridized carbons (Fsp3) is 0.500. The lowest BCUT2D eigenvalue weighted by Crippen LogP contribution is -2.47. The monoisotopic (exact) mass is 317 g/mol. The first kappa shape index (κ1) is 17.2. The number of carbonyl (C=O) groups excluding carboxylic acids is 3. The van der Waals surface area contributed by atoms with E-state index in [1.54, 1.807) is 24.3 Å². The standard InChI is InChI=1S/C18H23NO4/c1-12-8-10-14(11-9-12)16(21)17(23-13(2)20)18(22)19-15-6-4-3-5-7-15/h8-11,15,17H,3-7H2,1-2H3,(H,19,22). The van der Waals surface area contributed by atoms with Gasteiger partial charge < -0.3 is 10.1 Å². The quantitative estimate of drug-likeness (QED) is 0.514. The van der Waals surface area contributed by atoms with E-state index in [4.69, 9.17) is 4.74 Å². The summed E-state index contributed by atoms with van der Waals surface area (Å²) in [6.07, 6.45) is 3.68. The molecule has 1 aliphatic rings. The molecule has 1 aromatic carbocycles. The summed E-state index contributed by atoms with van der Waals surface area (Å²) in [5, 5.41) is 2.85. The summed E-state index contributed by atoms with van der Waals surface area (Å²) >= 11 is 0. The van der Waals surface area contributed by atoms with E-state index in [1.807, 2.05) is 6.92 Å². The Labute approximate surface area is 136 Å². The molecule has 1 saturated carbocycles. The van der Waals surface area contributed by atoms with Gasteiger partial charge in [0.2, 0.25) is 11.9 Å². The van der Waals surface area contributed by atoms with E-state index >= 15 is 0 Å². The van der Waals surface area contributed by atoms with Crippen molar-refractivity contribution in [2.45, 2.75) is 58.1 Å². The van der Waals surface area contributed by atoms with Crippen molar-refractivity contribution < 1.29 is 19.1 Å². The van der Waals surface area contributed by atoms with Crippen LogP contribution in [-0.4, -0.2) is 29.8 Å². The van der Waals surface area contributed by atoms with E-state index in [2.05, 4.69) is 5.32 Å². The molecule has 1 amide bonds. The summed E-state index contributed by atoms with van der Waals surface area (Å²) in [6, 6.07) is 6.92. The summed E-state index contributed by atoms with van der Waals surface area (Å²) in [4.78, 5) is 36.2. The van der Waals surface area contributed by atoms with Gasteiger partial charge >= 0.3 is 5.97 Å². The van der Waals surface area contributed by atoms with Crippen LogP contribution in [0.15, 0.2) is 24.3 Å². The number of nitrogens with one attached hydrogen (secondary N) is 1. The lowest BCUT2D eigenvalue weighted by Gasteiger charge is -2.25. The SMILES string of the molecule is CC(=O)OC(C(=O)NC1CCCCC1)C(=O)c1ccc(C)cc1. The first-order valence-corrected chi connectivity index (χ1v) is 8.06. The molecule has 0 spiro atoms. The van der Waals surface area contributed by atoms with Crippen LogP contribution in [0.5, 0.6) is 0 Å². The second-order valence-corrected chi connectivity index (χ2v) is 6.06. The van der Waals surface area contributed by atoms with E-state index in [9.17, 15) is 14.4 Å². The molecule has 1 fully saturated rings. The van der Waals surface area contributed by atoms with Gasteiger partial charge in [-0.05, 0) is 19.8 Å². The van der Waals surface area contributed by atoms with Crippen molar-refractivity contribution in [1.82, 2.24) is 5.32 Å². The van der Waals surface area contributed by atoms with Crippen molar-refractivity contribution in [1.29, 1.82) is 0 Å². The predicted molar refractivity (Wildman–Crippen MR) is 86.1 cm³/mol. The Kier molecular flexibility index (Phi) is 5.90. The summed E-state index contributed by atoms with van der Waals surface area (Å²) < 4.78 is 5.00. The van der Waals surface area contributed by atoms with Crippen LogP contribution in [0, 0.1) is 6.92 Å². The number of carbonyl (C=O) groups is 3. The highest BCUT2D eigenvalue weighted by molar-refractivity contribution is 6.13. The predicted octanol–water partition coefficient (Wildman–Crippen LogP) is 2.56. The number of esters is 1. The summed E-state index contributed by atoms with van der Waals surface area (Å²) in [7, 11) is 0. The molecule has 1 aliphatic carbocycles. The van der Waals surface area contributed by atoms with Crippen LogP contribution in [0.3, 0.4) is 0 Å². The van der Waals surface area contributed by atoms with Crippen LogP contribution in [0.2, 0.25) is 0 Å². The molecule has 0 radical (unpaired) electrons. The van der Waals surface area contributed by atoms with E-state index in [0.29, 0.717) is 5.56 Å². The average molecular weight is 317 g/mol. The van der Waals surface area contributed by atoms with Gasteiger partial charge in [-0.25, -0.2) is 0 Å². The van der Waals surface area contributed by atoms with Gasteiger partial charge in [0.25, 0.3) is 5.91 Å². The van der Waals surface area contributed by atoms with E-state index in [-0.39, 0.29) is 6.04 Å². The first-order chi connectivity index (χ1) is 11.0. The van der Waals surface area contributed by atoms with Crippen LogP contribution < -0.4 is 5.32 Å². The second kappa shape index (κ2) is 7.90. The fourth-order valence-electron chi connectivity index (χ4n) is 2.79. The highest BCUT2D eigenvalue weighted by atomic mass is 16.5.